The molecule has 0 spiro atoms. The molecule has 106 valence electrons. The molecule has 0 unspecified atom stereocenters. The van der Waals surface area contributed by atoms with Crippen molar-refractivity contribution >= 4 is 34.0 Å². The summed E-state index contributed by atoms with van der Waals surface area (Å²) in [5, 5.41) is 1.17. The molecule has 2 aromatic rings. The maximum absolute atomic E-state index is 11.4. The van der Waals surface area contributed by atoms with Crippen molar-refractivity contribution in [3.63, 3.8) is 0 Å². The van der Waals surface area contributed by atoms with Crippen LogP contribution in [0.2, 0.25) is 5.02 Å². The molecule has 0 saturated heterocycles. The number of nitrogen functional groups attached to an aromatic ring is 1. The van der Waals surface area contributed by atoms with E-state index >= 15 is 0 Å². The molecule has 0 fully saturated rings. The number of ether oxygens (including phenoxy) is 1. The van der Waals surface area contributed by atoms with E-state index in [9.17, 15) is 4.79 Å². The third-order valence-electron chi connectivity index (χ3n) is 2.69. The molecule has 20 heavy (non-hydrogen) atoms. The largest absolute Gasteiger partial charge is 0.466 e. The first-order chi connectivity index (χ1) is 9.60. The number of nitrogens with zero attached hydrogens (tertiary/aromatic N) is 1. The van der Waals surface area contributed by atoms with Crippen LogP contribution in [-0.2, 0) is 16.0 Å². The second-order valence-electron chi connectivity index (χ2n) is 4.14. The van der Waals surface area contributed by atoms with Gasteiger partial charge in [0.25, 0.3) is 0 Å². The highest BCUT2D eigenvalue weighted by atomic mass is 35.5. The number of hydrogen-bond donors (Lipinski definition) is 1. The van der Waals surface area contributed by atoms with Gasteiger partial charge < -0.3 is 10.5 Å². The number of hydrogen-bond acceptors (Lipinski definition) is 5. The van der Waals surface area contributed by atoms with E-state index in [1.807, 2.05) is 24.3 Å². The minimum atomic E-state index is -0.207. The van der Waals surface area contributed by atoms with Crippen molar-refractivity contribution in [1.82, 2.24) is 4.98 Å². The van der Waals surface area contributed by atoms with E-state index in [0.717, 1.165) is 16.1 Å². The Balaban J connectivity index is 2.17. The molecule has 4 nitrogen and oxygen atoms in total. The van der Waals surface area contributed by atoms with Crippen molar-refractivity contribution in [3.05, 3.63) is 34.2 Å². The van der Waals surface area contributed by atoms with Gasteiger partial charge in [0, 0.05) is 15.5 Å². The van der Waals surface area contributed by atoms with Crippen molar-refractivity contribution in [2.45, 2.75) is 19.8 Å². The Morgan fingerprint density at radius 2 is 2.10 bits per heavy atom. The predicted molar refractivity (Wildman–Crippen MR) is 81.9 cm³/mol. The molecule has 2 N–H and O–H groups in total. The van der Waals surface area contributed by atoms with Crippen LogP contribution in [0.5, 0.6) is 0 Å². The van der Waals surface area contributed by atoms with E-state index in [1.165, 1.54) is 11.3 Å². The molecular weight excluding hydrogens is 296 g/mol. The normalized spacial score (nSPS) is 10.5. The first-order valence-corrected chi connectivity index (χ1v) is 7.46. The molecule has 0 amide bonds. The van der Waals surface area contributed by atoms with Crippen molar-refractivity contribution in [1.29, 1.82) is 0 Å². The van der Waals surface area contributed by atoms with Gasteiger partial charge in [-0.05, 0) is 25.5 Å². The summed E-state index contributed by atoms with van der Waals surface area (Å²) in [7, 11) is 0. The van der Waals surface area contributed by atoms with Gasteiger partial charge >= 0.3 is 5.97 Å². The monoisotopic (exact) mass is 310 g/mol. The number of carbonyl (C=O) groups excluding carboxylic acids is 1. The van der Waals surface area contributed by atoms with Gasteiger partial charge in [-0.25, -0.2) is 4.98 Å². The van der Waals surface area contributed by atoms with Crippen molar-refractivity contribution < 1.29 is 9.53 Å². The van der Waals surface area contributed by atoms with Gasteiger partial charge in [-0.1, -0.05) is 23.7 Å². The van der Waals surface area contributed by atoms with Gasteiger partial charge in [0.1, 0.15) is 0 Å². The van der Waals surface area contributed by atoms with Gasteiger partial charge in [-0.15, -0.1) is 11.3 Å². The lowest BCUT2D eigenvalue weighted by molar-refractivity contribution is -0.143. The van der Waals surface area contributed by atoms with Crippen molar-refractivity contribution in [2.24, 2.45) is 0 Å². The lowest BCUT2D eigenvalue weighted by atomic mass is 10.1. The van der Waals surface area contributed by atoms with Crippen LogP contribution in [0, 0.1) is 0 Å². The van der Waals surface area contributed by atoms with E-state index in [0.29, 0.717) is 29.6 Å². The van der Waals surface area contributed by atoms with Crippen LogP contribution in [-0.4, -0.2) is 17.6 Å². The van der Waals surface area contributed by atoms with Gasteiger partial charge in [-0.3, -0.25) is 4.79 Å². The standard InChI is InChI=1S/C14H15ClN2O2S/c1-2-19-12(18)8-7-11-13(17-14(16)20-11)9-3-5-10(15)6-4-9/h3-6H,2,7-8H2,1H3,(H2,16,17). The molecule has 0 aliphatic rings. The number of nitrogens with two attached hydrogens (primary N) is 1. The predicted octanol–water partition coefficient (Wildman–Crippen LogP) is 3.54. The Labute approximate surface area is 126 Å². The molecule has 0 bridgehead atoms. The van der Waals surface area contributed by atoms with Crippen molar-refractivity contribution in [2.75, 3.05) is 12.3 Å². The molecule has 0 atom stereocenters. The highest BCUT2D eigenvalue weighted by Gasteiger charge is 2.13. The van der Waals surface area contributed by atoms with Gasteiger partial charge in [0.05, 0.1) is 18.7 Å². The highest BCUT2D eigenvalue weighted by molar-refractivity contribution is 7.15. The van der Waals surface area contributed by atoms with Crippen LogP contribution in [0.1, 0.15) is 18.2 Å². The number of thiazole rings is 1. The quantitative estimate of drug-likeness (QED) is 0.858. The van der Waals surface area contributed by atoms with Crippen LogP contribution in [0.4, 0.5) is 5.13 Å². The molecule has 0 radical (unpaired) electrons. The van der Waals surface area contributed by atoms with E-state index in [2.05, 4.69) is 4.98 Å². The fraction of sp³-hybridized carbons (Fsp3) is 0.286. The summed E-state index contributed by atoms with van der Waals surface area (Å²) in [6, 6.07) is 7.40. The maximum Gasteiger partial charge on any atom is 0.306 e. The van der Waals surface area contributed by atoms with Crippen LogP contribution in [0.3, 0.4) is 0 Å². The summed E-state index contributed by atoms with van der Waals surface area (Å²) in [5.74, 6) is -0.207. The van der Waals surface area contributed by atoms with E-state index < -0.39 is 0 Å². The first kappa shape index (κ1) is 14.8. The summed E-state index contributed by atoms with van der Waals surface area (Å²) in [5.41, 5.74) is 7.54. The third-order valence-corrected chi connectivity index (χ3v) is 3.89. The van der Waals surface area contributed by atoms with Crippen LogP contribution < -0.4 is 5.73 Å². The highest BCUT2D eigenvalue weighted by Crippen LogP contribution is 2.31. The van der Waals surface area contributed by atoms with E-state index in [4.69, 9.17) is 22.1 Å². The molecule has 0 aliphatic carbocycles. The second-order valence-corrected chi connectivity index (χ2v) is 5.69. The lowest BCUT2D eigenvalue weighted by Gasteiger charge is -2.03. The van der Waals surface area contributed by atoms with Crippen LogP contribution in [0.25, 0.3) is 11.3 Å². The zero-order valence-electron chi connectivity index (χ0n) is 11.1. The number of rotatable bonds is 5. The lowest BCUT2D eigenvalue weighted by Crippen LogP contribution is -2.04. The van der Waals surface area contributed by atoms with Gasteiger partial charge in [0.2, 0.25) is 0 Å². The summed E-state index contributed by atoms with van der Waals surface area (Å²) in [6.07, 6.45) is 0.904. The molecule has 0 aliphatic heterocycles. The summed E-state index contributed by atoms with van der Waals surface area (Å²) < 4.78 is 4.93. The van der Waals surface area contributed by atoms with E-state index in [1.54, 1.807) is 6.92 Å². The Hall–Kier alpha value is -1.59. The Bertz CT molecular complexity index is 596. The van der Waals surface area contributed by atoms with Crippen molar-refractivity contribution in [3.8, 4) is 11.3 Å². The minimum Gasteiger partial charge on any atom is -0.466 e. The molecule has 6 heteroatoms. The molecule has 1 aromatic heterocycles. The smallest absolute Gasteiger partial charge is 0.306 e. The number of esters is 1. The fourth-order valence-electron chi connectivity index (χ4n) is 1.82. The molecule has 2 rings (SSSR count). The van der Waals surface area contributed by atoms with Gasteiger partial charge in [0.15, 0.2) is 5.13 Å². The topological polar surface area (TPSA) is 65.2 Å². The van der Waals surface area contributed by atoms with Crippen LogP contribution in [0.15, 0.2) is 24.3 Å². The fourth-order valence-corrected chi connectivity index (χ4v) is 2.80. The third kappa shape index (κ3) is 3.71. The molecule has 1 heterocycles. The van der Waals surface area contributed by atoms with Gasteiger partial charge in [-0.2, -0.15) is 0 Å². The second kappa shape index (κ2) is 6.72. The number of aryl methyl sites for hydroxylation is 1. The summed E-state index contributed by atoms with van der Waals surface area (Å²) in [6.45, 7) is 2.19. The zero-order valence-corrected chi connectivity index (χ0v) is 12.6. The molecular formula is C14H15ClN2O2S. The zero-order chi connectivity index (χ0) is 14.5. The average molecular weight is 311 g/mol. The number of anilines is 1. The maximum atomic E-state index is 11.4. The van der Waals surface area contributed by atoms with E-state index in [-0.39, 0.29) is 5.97 Å². The number of benzene rings is 1. The molecule has 1 aromatic carbocycles. The molecule has 0 saturated carbocycles. The SMILES string of the molecule is CCOC(=O)CCc1sc(N)nc1-c1ccc(Cl)cc1. The number of halogens is 1. The van der Waals surface area contributed by atoms with Crippen LogP contribution >= 0.6 is 22.9 Å². The number of aromatic nitrogens is 1. The Morgan fingerprint density at radius 1 is 1.40 bits per heavy atom. The number of carbonyl (C=O) groups is 1. The Morgan fingerprint density at radius 3 is 2.75 bits per heavy atom. The average Bonchev–Trinajstić information content (AvgIpc) is 2.79. The Kier molecular flexibility index (Phi) is 4.98. The summed E-state index contributed by atoms with van der Waals surface area (Å²) in [4.78, 5) is 16.7. The first-order valence-electron chi connectivity index (χ1n) is 6.27. The minimum absolute atomic E-state index is 0.207. The summed E-state index contributed by atoms with van der Waals surface area (Å²) >= 11 is 7.28.